The van der Waals surface area contributed by atoms with Gasteiger partial charge in [-0.05, 0) is 13.0 Å². The van der Waals surface area contributed by atoms with Crippen molar-refractivity contribution in [2.24, 2.45) is 0 Å². The first-order valence-corrected chi connectivity index (χ1v) is 5.41. The molecule has 17 heavy (non-hydrogen) atoms. The number of halogens is 2. The van der Waals surface area contributed by atoms with E-state index in [-0.39, 0.29) is 22.4 Å². The van der Waals surface area contributed by atoms with Crippen molar-refractivity contribution >= 4 is 29.1 Å². The van der Waals surface area contributed by atoms with Crippen LogP contribution in [0.5, 0.6) is 0 Å². The molecule has 6 nitrogen and oxygen atoms in total. The van der Waals surface area contributed by atoms with Crippen LogP contribution in [0.3, 0.4) is 0 Å². The molecule has 1 amide bonds. The fraction of sp³-hybridized carbons (Fsp3) is 0.444. The second-order valence-electron chi connectivity index (χ2n) is 3.71. The van der Waals surface area contributed by atoms with E-state index >= 15 is 0 Å². The summed E-state index contributed by atoms with van der Waals surface area (Å²) in [6.45, 7) is 0.779. The van der Waals surface area contributed by atoms with Crippen LogP contribution in [0, 0.1) is 0 Å². The maximum Gasteiger partial charge on any atom is 0.254 e. The summed E-state index contributed by atoms with van der Waals surface area (Å²) in [6, 6.07) is 1.26. The Morgan fingerprint density at radius 2 is 2.18 bits per heavy atom. The number of hydrogen-bond donors (Lipinski definition) is 3. The molecule has 0 aliphatic rings. The third-order valence-corrected chi connectivity index (χ3v) is 2.40. The molecule has 1 aromatic heterocycles. The Balaban J connectivity index is 2.74. The van der Waals surface area contributed by atoms with Gasteiger partial charge in [0, 0.05) is 6.54 Å². The zero-order valence-electron chi connectivity index (χ0n) is 8.94. The van der Waals surface area contributed by atoms with Gasteiger partial charge in [-0.25, -0.2) is 0 Å². The number of hydrogen-bond acceptors (Lipinski definition) is 5. The predicted molar refractivity (Wildman–Crippen MR) is 62.1 cm³/mol. The molecule has 0 spiro atoms. The van der Waals surface area contributed by atoms with E-state index in [4.69, 9.17) is 28.3 Å². The molecule has 0 saturated heterocycles. The van der Waals surface area contributed by atoms with Crippen molar-refractivity contribution in [3.63, 3.8) is 0 Å². The third kappa shape index (κ3) is 4.08. The van der Waals surface area contributed by atoms with Gasteiger partial charge in [-0.1, -0.05) is 23.2 Å². The van der Waals surface area contributed by atoms with E-state index in [2.05, 4.69) is 15.5 Å². The van der Waals surface area contributed by atoms with Crippen LogP contribution in [0.2, 0.25) is 10.3 Å². The summed E-state index contributed by atoms with van der Waals surface area (Å²) >= 11 is 11.2. The van der Waals surface area contributed by atoms with Crippen molar-refractivity contribution in [2.45, 2.75) is 12.5 Å². The Morgan fingerprint density at radius 3 is 2.76 bits per heavy atom. The van der Waals surface area contributed by atoms with Crippen LogP contribution in [-0.2, 0) is 0 Å². The molecule has 1 rings (SSSR count). The highest BCUT2D eigenvalue weighted by Gasteiger charge is 2.21. The predicted octanol–water partition coefficient (Wildman–Crippen LogP) is 0.256. The minimum atomic E-state index is -1.40. The average molecular weight is 280 g/mol. The van der Waals surface area contributed by atoms with E-state index in [1.165, 1.54) is 13.0 Å². The van der Waals surface area contributed by atoms with Crippen LogP contribution >= 0.6 is 23.2 Å². The summed E-state index contributed by atoms with van der Waals surface area (Å²) in [5, 5.41) is 27.6. The van der Waals surface area contributed by atoms with Gasteiger partial charge in [0.05, 0.1) is 12.2 Å². The highest BCUT2D eigenvalue weighted by Crippen LogP contribution is 2.15. The molecule has 0 fully saturated rings. The lowest BCUT2D eigenvalue weighted by atomic mass is 10.1. The molecular formula is C9H11Cl2N3O3. The van der Waals surface area contributed by atoms with Gasteiger partial charge >= 0.3 is 0 Å². The van der Waals surface area contributed by atoms with E-state index in [9.17, 15) is 9.90 Å². The lowest BCUT2D eigenvalue weighted by Gasteiger charge is -2.20. The fourth-order valence-corrected chi connectivity index (χ4v) is 1.26. The summed E-state index contributed by atoms with van der Waals surface area (Å²) in [4.78, 5) is 11.7. The Morgan fingerprint density at radius 1 is 1.53 bits per heavy atom. The maximum absolute atomic E-state index is 11.7. The lowest BCUT2D eigenvalue weighted by molar-refractivity contribution is 0.00320. The molecule has 1 atom stereocenters. The summed E-state index contributed by atoms with van der Waals surface area (Å²) in [5.41, 5.74) is -1.34. The molecule has 1 heterocycles. The topological polar surface area (TPSA) is 95.3 Å². The SMILES string of the molecule is CC(O)(CO)CNC(=O)c1cc(Cl)nnc1Cl. The van der Waals surface area contributed by atoms with E-state index in [0.717, 1.165) is 0 Å². The van der Waals surface area contributed by atoms with Crippen LogP contribution in [0.1, 0.15) is 17.3 Å². The number of nitrogens with zero attached hydrogens (tertiary/aromatic N) is 2. The summed E-state index contributed by atoms with van der Waals surface area (Å²) in [5.74, 6) is -0.555. The second-order valence-corrected chi connectivity index (χ2v) is 4.45. The van der Waals surface area contributed by atoms with Crippen molar-refractivity contribution in [1.82, 2.24) is 15.5 Å². The zero-order valence-corrected chi connectivity index (χ0v) is 10.5. The first-order chi connectivity index (χ1) is 7.85. The molecular weight excluding hydrogens is 269 g/mol. The number of rotatable bonds is 4. The molecule has 0 aliphatic heterocycles. The number of aliphatic hydroxyl groups excluding tert-OH is 1. The third-order valence-electron chi connectivity index (χ3n) is 1.93. The monoisotopic (exact) mass is 279 g/mol. The Labute approximate surface area is 108 Å². The highest BCUT2D eigenvalue weighted by atomic mass is 35.5. The van der Waals surface area contributed by atoms with E-state index in [1.54, 1.807) is 0 Å². The zero-order chi connectivity index (χ0) is 13.1. The van der Waals surface area contributed by atoms with Crippen LogP contribution in [-0.4, -0.2) is 45.1 Å². The number of nitrogens with one attached hydrogen (secondary N) is 1. The maximum atomic E-state index is 11.7. The Kier molecular flexibility index (Phi) is 4.64. The van der Waals surface area contributed by atoms with E-state index in [0.29, 0.717) is 0 Å². The molecule has 0 bridgehead atoms. The number of aromatic nitrogens is 2. The molecule has 0 saturated carbocycles. The standard InChI is InChI=1S/C9H11Cl2N3O3/c1-9(17,4-15)3-12-8(16)5-2-6(10)13-14-7(5)11/h2,15,17H,3-4H2,1H3,(H,12,16). The Bertz CT molecular complexity index is 426. The second kappa shape index (κ2) is 5.59. The highest BCUT2D eigenvalue weighted by molar-refractivity contribution is 6.34. The molecule has 1 aromatic rings. The first kappa shape index (κ1) is 14.1. The van der Waals surface area contributed by atoms with E-state index < -0.39 is 18.1 Å². The van der Waals surface area contributed by atoms with Gasteiger partial charge in [0.25, 0.3) is 5.91 Å². The summed E-state index contributed by atoms with van der Waals surface area (Å²) in [6.07, 6.45) is 0. The van der Waals surface area contributed by atoms with Crippen LogP contribution in [0.25, 0.3) is 0 Å². The number of carbonyl (C=O) groups excluding carboxylic acids is 1. The number of amides is 1. The molecule has 1 unspecified atom stereocenters. The Hall–Kier alpha value is -0.950. The number of aliphatic hydroxyl groups is 2. The molecule has 0 aromatic carbocycles. The fourth-order valence-electron chi connectivity index (χ4n) is 0.934. The van der Waals surface area contributed by atoms with Gasteiger partial charge in [0.15, 0.2) is 10.3 Å². The van der Waals surface area contributed by atoms with Gasteiger partial charge in [-0.2, -0.15) is 0 Å². The van der Waals surface area contributed by atoms with Crippen molar-refractivity contribution in [3.05, 3.63) is 21.9 Å². The lowest BCUT2D eigenvalue weighted by Crippen LogP contribution is -2.43. The van der Waals surface area contributed by atoms with Crippen LogP contribution in [0.15, 0.2) is 6.07 Å². The molecule has 3 N–H and O–H groups in total. The minimum Gasteiger partial charge on any atom is -0.393 e. The molecule has 94 valence electrons. The normalized spacial score (nSPS) is 14.2. The quantitative estimate of drug-likeness (QED) is 0.735. The van der Waals surface area contributed by atoms with Gasteiger partial charge in [0.2, 0.25) is 0 Å². The van der Waals surface area contributed by atoms with Crippen molar-refractivity contribution in [1.29, 1.82) is 0 Å². The molecule has 0 aliphatic carbocycles. The van der Waals surface area contributed by atoms with Gasteiger partial charge < -0.3 is 15.5 Å². The minimum absolute atomic E-state index is 0.0356. The van der Waals surface area contributed by atoms with Crippen molar-refractivity contribution < 1.29 is 15.0 Å². The van der Waals surface area contributed by atoms with Crippen molar-refractivity contribution in [3.8, 4) is 0 Å². The summed E-state index contributed by atoms with van der Waals surface area (Å²) < 4.78 is 0. The smallest absolute Gasteiger partial charge is 0.254 e. The molecule has 0 radical (unpaired) electrons. The largest absolute Gasteiger partial charge is 0.393 e. The first-order valence-electron chi connectivity index (χ1n) is 4.66. The van der Waals surface area contributed by atoms with E-state index in [1.807, 2.05) is 0 Å². The van der Waals surface area contributed by atoms with Gasteiger partial charge in [-0.15, -0.1) is 10.2 Å². The summed E-state index contributed by atoms with van der Waals surface area (Å²) in [7, 11) is 0. The molecule has 8 heteroatoms. The van der Waals surface area contributed by atoms with Gasteiger partial charge in [0.1, 0.15) is 5.60 Å². The van der Waals surface area contributed by atoms with Crippen LogP contribution in [0.4, 0.5) is 0 Å². The number of carbonyl (C=O) groups is 1. The van der Waals surface area contributed by atoms with Crippen molar-refractivity contribution in [2.75, 3.05) is 13.2 Å². The van der Waals surface area contributed by atoms with Crippen LogP contribution < -0.4 is 5.32 Å². The average Bonchev–Trinajstić information content (AvgIpc) is 2.29. The van der Waals surface area contributed by atoms with Gasteiger partial charge in [-0.3, -0.25) is 4.79 Å².